The van der Waals surface area contributed by atoms with Gasteiger partial charge in [0.15, 0.2) is 6.10 Å². The zero-order valence-electron chi connectivity index (χ0n) is 12.0. The van der Waals surface area contributed by atoms with Crippen LogP contribution in [0.4, 0.5) is 0 Å². The van der Waals surface area contributed by atoms with Gasteiger partial charge in [0.1, 0.15) is 5.75 Å². The van der Waals surface area contributed by atoms with E-state index in [1.165, 1.54) is 0 Å². The molecular weight excluding hydrogens is 242 g/mol. The van der Waals surface area contributed by atoms with Gasteiger partial charge in [-0.25, -0.2) is 0 Å². The number of carbonyl (C=O) groups excluding carboxylic acids is 1. The Kier molecular flexibility index (Phi) is 5.83. The number of rotatable bonds is 6. The van der Waals surface area contributed by atoms with Crippen LogP contribution < -0.4 is 10.1 Å². The highest BCUT2D eigenvalue weighted by molar-refractivity contribution is 5.80. The third kappa shape index (κ3) is 4.91. The summed E-state index contributed by atoms with van der Waals surface area (Å²) in [5, 5.41) is 12.4. The molecule has 0 heterocycles. The average Bonchev–Trinajstić information content (AvgIpc) is 2.38. The van der Waals surface area contributed by atoms with E-state index in [1.807, 2.05) is 19.9 Å². The minimum atomic E-state index is -0.557. The van der Waals surface area contributed by atoms with Gasteiger partial charge >= 0.3 is 0 Å². The van der Waals surface area contributed by atoms with Crippen molar-refractivity contribution in [2.45, 2.75) is 52.4 Å². The Balaban J connectivity index is 2.63. The van der Waals surface area contributed by atoms with Crippen LogP contribution in [0.15, 0.2) is 24.3 Å². The summed E-state index contributed by atoms with van der Waals surface area (Å²) in [6.45, 7) is 7.38. The fraction of sp³-hybridized carbons (Fsp3) is 0.533. The van der Waals surface area contributed by atoms with Gasteiger partial charge in [0.25, 0.3) is 5.91 Å². The van der Waals surface area contributed by atoms with Crippen molar-refractivity contribution in [3.63, 3.8) is 0 Å². The number of benzene rings is 1. The first kappa shape index (κ1) is 15.5. The molecule has 1 amide bonds. The van der Waals surface area contributed by atoms with Gasteiger partial charge in [-0.05, 0) is 44.9 Å². The predicted molar refractivity (Wildman–Crippen MR) is 75.1 cm³/mol. The van der Waals surface area contributed by atoms with Crippen LogP contribution in [0.25, 0.3) is 0 Å². The summed E-state index contributed by atoms with van der Waals surface area (Å²) in [6, 6.07) is 7.29. The normalized spacial score (nSPS) is 15.4. The summed E-state index contributed by atoms with van der Waals surface area (Å²) in [7, 11) is 0. The Bertz CT molecular complexity index is 418. The Labute approximate surface area is 114 Å². The Hall–Kier alpha value is -1.55. The maximum Gasteiger partial charge on any atom is 0.260 e. The van der Waals surface area contributed by atoms with Crippen molar-refractivity contribution in [1.29, 1.82) is 0 Å². The van der Waals surface area contributed by atoms with Gasteiger partial charge in [0, 0.05) is 6.04 Å². The summed E-state index contributed by atoms with van der Waals surface area (Å²) in [6.07, 6.45) is -0.221. The molecule has 0 fully saturated rings. The number of ether oxygens (including phenoxy) is 1. The average molecular weight is 265 g/mol. The van der Waals surface area contributed by atoms with E-state index in [0.717, 1.165) is 12.0 Å². The summed E-state index contributed by atoms with van der Waals surface area (Å²) in [5.41, 5.74) is 0.770. The fourth-order valence-electron chi connectivity index (χ4n) is 1.57. The first-order valence-electron chi connectivity index (χ1n) is 6.69. The summed E-state index contributed by atoms with van der Waals surface area (Å²) >= 11 is 0. The molecule has 3 atom stereocenters. The third-order valence-electron chi connectivity index (χ3n) is 3.02. The molecule has 0 bridgehead atoms. The molecule has 4 nitrogen and oxygen atoms in total. The van der Waals surface area contributed by atoms with Crippen LogP contribution in [0, 0.1) is 0 Å². The summed E-state index contributed by atoms with van der Waals surface area (Å²) in [4.78, 5) is 11.9. The van der Waals surface area contributed by atoms with Crippen LogP contribution in [0.3, 0.4) is 0 Å². The van der Waals surface area contributed by atoms with Crippen LogP contribution in [-0.4, -0.2) is 23.2 Å². The van der Waals surface area contributed by atoms with E-state index >= 15 is 0 Å². The van der Waals surface area contributed by atoms with E-state index in [4.69, 9.17) is 4.74 Å². The SMILES string of the molecule is CCC(C)NC(=O)C(C)Oc1cccc([C@H](C)O)c1. The van der Waals surface area contributed by atoms with Crippen molar-refractivity contribution in [2.75, 3.05) is 0 Å². The smallest absolute Gasteiger partial charge is 0.260 e. The highest BCUT2D eigenvalue weighted by Crippen LogP contribution is 2.19. The van der Waals surface area contributed by atoms with Gasteiger partial charge in [-0.3, -0.25) is 4.79 Å². The van der Waals surface area contributed by atoms with Crippen molar-refractivity contribution >= 4 is 5.91 Å². The number of amides is 1. The van der Waals surface area contributed by atoms with Gasteiger partial charge in [-0.15, -0.1) is 0 Å². The van der Waals surface area contributed by atoms with Crippen LogP contribution in [0.1, 0.15) is 45.8 Å². The van der Waals surface area contributed by atoms with Gasteiger partial charge in [-0.2, -0.15) is 0 Å². The van der Waals surface area contributed by atoms with Crippen molar-refractivity contribution in [3.05, 3.63) is 29.8 Å². The number of aliphatic hydroxyl groups excluding tert-OH is 1. The van der Waals surface area contributed by atoms with Crippen molar-refractivity contribution in [3.8, 4) is 5.75 Å². The van der Waals surface area contributed by atoms with E-state index in [-0.39, 0.29) is 11.9 Å². The van der Waals surface area contributed by atoms with Crippen LogP contribution in [0.5, 0.6) is 5.75 Å². The second-order valence-corrected chi connectivity index (χ2v) is 4.83. The molecule has 0 radical (unpaired) electrons. The number of hydrogen-bond acceptors (Lipinski definition) is 3. The molecule has 0 saturated carbocycles. The first-order chi connectivity index (χ1) is 8.93. The van der Waals surface area contributed by atoms with Crippen LogP contribution in [0.2, 0.25) is 0 Å². The van der Waals surface area contributed by atoms with E-state index in [0.29, 0.717) is 5.75 Å². The lowest BCUT2D eigenvalue weighted by atomic mass is 10.1. The lowest BCUT2D eigenvalue weighted by Crippen LogP contribution is -2.40. The van der Waals surface area contributed by atoms with Crippen molar-refractivity contribution in [2.24, 2.45) is 0 Å². The number of hydrogen-bond donors (Lipinski definition) is 2. The monoisotopic (exact) mass is 265 g/mol. The second-order valence-electron chi connectivity index (χ2n) is 4.83. The van der Waals surface area contributed by atoms with E-state index < -0.39 is 12.2 Å². The molecule has 1 aromatic rings. The molecule has 1 rings (SSSR count). The third-order valence-corrected chi connectivity index (χ3v) is 3.02. The molecule has 0 aliphatic heterocycles. The minimum Gasteiger partial charge on any atom is -0.481 e. The molecule has 0 aliphatic carbocycles. The maximum absolute atomic E-state index is 11.9. The highest BCUT2D eigenvalue weighted by atomic mass is 16.5. The largest absolute Gasteiger partial charge is 0.481 e. The van der Waals surface area contributed by atoms with Crippen LogP contribution in [-0.2, 0) is 4.79 Å². The van der Waals surface area contributed by atoms with Gasteiger partial charge < -0.3 is 15.2 Å². The van der Waals surface area contributed by atoms with Gasteiger partial charge in [-0.1, -0.05) is 19.1 Å². The van der Waals surface area contributed by atoms with Crippen molar-refractivity contribution < 1.29 is 14.6 Å². The minimum absolute atomic E-state index is 0.128. The molecule has 1 aromatic carbocycles. The first-order valence-corrected chi connectivity index (χ1v) is 6.69. The zero-order chi connectivity index (χ0) is 14.4. The molecular formula is C15H23NO3. The Morgan fingerprint density at radius 1 is 1.37 bits per heavy atom. The second kappa shape index (κ2) is 7.14. The highest BCUT2D eigenvalue weighted by Gasteiger charge is 2.16. The molecule has 0 spiro atoms. The van der Waals surface area contributed by atoms with Gasteiger partial charge in [0.05, 0.1) is 6.10 Å². The predicted octanol–water partition coefficient (Wildman–Crippen LogP) is 2.42. The van der Waals surface area contributed by atoms with E-state index in [9.17, 15) is 9.90 Å². The number of aliphatic hydroxyl groups is 1. The quantitative estimate of drug-likeness (QED) is 0.830. The number of nitrogens with one attached hydrogen (secondary N) is 1. The van der Waals surface area contributed by atoms with E-state index in [2.05, 4.69) is 5.32 Å². The van der Waals surface area contributed by atoms with Crippen LogP contribution >= 0.6 is 0 Å². The summed E-state index contributed by atoms with van der Waals surface area (Å²) in [5.74, 6) is 0.460. The Morgan fingerprint density at radius 3 is 2.63 bits per heavy atom. The Morgan fingerprint density at radius 2 is 2.05 bits per heavy atom. The van der Waals surface area contributed by atoms with Crippen molar-refractivity contribution in [1.82, 2.24) is 5.32 Å². The molecule has 4 heteroatoms. The molecule has 0 aromatic heterocycles. The molecule has 19 heavy (non-hydrogen) atoms. The molecule has 0 saturated heterocycles. The molecule has 2 unspecified atom stereocenters. The van der Waals surface area contributed by atoms with Gasteiger partial charge in [0.2, 0.25) is 0 Å². The topological polar surface area (TPSA) is 58.6 Å². The standard InChI is InChI=1S/C15H23NO3/c1-5-10(2)16-15(18)12(4)19-14-8-6-7-13(9-14)11(3)17/h6-12,17H,5H2,1-4H3,(H,16,18)/t10?,11-,12?/m0/s1. The molecule has 106 valence electrons. The number of carbonyl (C=O) groups is 1. The lowest BCUT2D eigenvalue weighted by molar-refractivity contribution is -0.127. The summed E-state index contributed by atoms with van der Waals surface area (Å²) < 4.78 is 5.59. The molecule has 2 N–H and O–H groups in total. The molecule has 0 aliphatic rings. The fourth-order valence-corrected chi connectivity index (χ4v) is 1.57. The van der Waals surface area contributed by atoms with E-state index in [1.54, 1.807) is 32.0 Å². The lowest BCUT2D eigenvalue weighted by Gasteiger charge is -2.18. The zero-order valence-corrected chi connectivity index (χ0v) is 12.0. The maximum atomic E-state index is 11.9.